The van der Waals surface area contributed by atoms with Gasteiger partial charge in [0, 0.05) is 12.1 Å². The van der Waals surface area contributed by atoms with Gasteiger partial charge in [0.2, 0.25) is 6.29 Å². The van der Waals surface area contributed by atoms with Crippen molar-refractivity contribution in [2.75, 3.05) is 13.2 Å². The number of ether oxygens (including phenoxy) is 4. The molecule has 0 radical (unpaired) electrons. The van der Waals surface area contributed by atoms with E-state index in [-0.39, 0.29) is 11.4 Å². The predicted octanol–water partition coefficient (Wildman–Crippen LogP) is -3.40. The van der Waals surface area contributed by atoms with Crippen LogP contribution in [0.1, 0.15) is 0 Å². The van der Waals surface area contributed by atoms with Gasteiger partial charge in [-0.15, -0.1) is 0 Å². The van der Waals surface area contributed by atoms with Crippen LogP contribution in [0.25, 0.3) is 0 Å². The fourth-order valence-electron chi connectivity index (χ4n) is 3.33. The van der Waals surface area contributed by atoms with Crippen LogP contribution in [0.3, 0.4) is 0 Å². The van der Waals surface area contributed by atoms with Crippen LogP contribution in [0.5, 0.6) is 5.75 Å². The van der Waals surface area contributed by atoms with Crippen molar-refractivity contribution >= 4 is 5.69 Å². The molecule has 2 aliphatic heterocycles. The second-order valence-corrected chi connectivity index (χ2v) is 7.41. The molecule has 10 atom stereocenters. The zero-order valence-electron chi connectivity index (χ0n) is 16.5. The Kier molecular flexibility index (Phi) is 7.94. The first-order valence-corrected chi connectivity index (χ1v) is 9.67. The smallest absolute Gasteiger partial charge is 0.269 e. The molecule has 32 heavy (non-hydrogen) atoms. The van der Waals surface area contributed by atoms with E-state index in [2.05, 4.69) is 0 Å². The maximum Gasteiger partial charge on any atom is 0.269 e. The number of nitrogens with zero attached hydrogens (tertiary/aromatic N) is 1. The van der Waals surface area contributed by atoms with E-state index in [4.69, 9.17) is 18.9 Å². The van der Waals surface area contributed by atoms with Crippen molar-refractivity contribution < 1.29 is 59.6 Å². The molecule has 2 heterocycles. The Morgan fingerprint density at radius 1 is 0.812 bits per heavy atom. The molecule has 180 valence electrons. The molecule has 2 saturated heterocycles. The quantitative estimate of drug-likeness (QED) is 0.155. The van der Waals surface area contributed by atoms with Crippen LogP contribution >= 0.6 is 0 Å². The Morgan fingerprint density at radius 3 is 1.91 bits per heavy atom. The topological polar surface area (TPSA) is 222 Å². The average Bonchev–Trinajstić information content (AvgIpc) is 2.78. The molecule has 3 rings (SSSR count). The average molecular weight is 463 g/mol. The van der Waals surface area contributed by atoms with E-state index < -0.39 is 79.5 Å². The molecule has 0 amide bonds. The maximum atomic E-state index is 10.7. The second-order valence-electron chi connectivity index (χ2n) is 7.41. The Bertz CT molecular complexity index is 762. The van der Waals surface area contributed by atoms with Gasteiger partial charge in [-0.05, 0) is 12.1 Å². The molecular formula is C18H25NO13. The van der Waals surface area contributed by atoms with Crippen molar-refractivity contribution in [1.82, 2.24) is 0 Å². The lowest BCUT2D eigenvalue weighted by atomic mass is 9.98. The molecule has 1 unspecified atom stereocenters. The second kappa shape index (κ2) is 10.3. The third-order valence-corrected chi connectivity index (χ3v) is 5.24. The molecule has 1 aromatic rings. The summed E-state index contributed by atoms with van der Waals surface area (Å²) in [5, 5.41) is 80.1. The van der Waals surface area contributed by atoms with Crippen LogP contribution < -0.4 is 4.74 Å². The van der Waals surface area contributed by atoms with Crippen LogP contribution in [0, 0.1) is 10.1 Å². The lowest BCUT2D eigenvalue weighted by Crippen LogP contribution is -2.62. The summed E-state index contributed by atoms with van der Waals surface area (Å²) < 4.78 is 21.4. The van der Waals surface area contributed by atoms with E-state index in [9.17, 15) is 45.9 Å². The van der Waals surface area contributed by atoms with Gasteiger partial charge in [0.05, 0.1) is 18.1 Å². The van der Waals surface area contributed by atoms with E-state index in [1.807, 2.05) is 0 Å². The van der Waals surface area contributed by atoms with E-state index in [0.717, 1.165) is 12.1 Å². The van der Waals surface area contributed by atoms with E-state index in [1.54, 1.807) is 0 Å². The van der Waals surface area contributed by atoms with Crippen LogP contribution in [-0.2, 0) is 14.2 Å². The normalized spacial score (nSPS) is 40.1. The van der Waals surface area contributed by atoms with Crippen molar-refractivity contribution in [3.63, 3.8) is 0 Å². The zero-order valence-corrected chi connectivity index (χ0v) is 16.5. The van der Waals surface area contributed by atoms with E-state index in [0.29, 0.717) is 0 Å². The van der Waals surface area contributed by atoms with Gasteiger partial charge in [-0.1, -0.05) is 0 Å². The number of hydrogen-bond donors (Lipinski definition) is 7. The van der Waals surface area contributed by atoms with Gasteiger partial charge in [-0.25, -0.2) is 0 Å². The summed E-state index contributed by atoms with van der Waals surface area (Å²) in [6.45, 7) is -1.17. The van der Waals surface area contributed by atoms with Gasteiger partial charge < -0.3 is 54.7 Å². The standard InChI is InChI=1S/C18H25NO13/c20-5-9-11(21)13(23)15(25)17(31-9)29-6-10-12(22)14(24)16(26)18(32-10)30-8-3-1-7(2-4-8)19(27)28/h1-4,9-18,20-26H,5-6H2/t9-,10-,11+,12-,13+,14+,15-,16-,17-,18?/m1/s1. The highest BCUT2D eigenvalue weighted by Crippen LogP contribution is 2.27. The molecule has 7 N–H and O–H groups in total. The largest absolute Gasteiger partial charge is 0.462 e. The third-order valence-electron chi connectivity index (χ3n) is 5.24. The van der Waals surface area contributed by atoms with E-state index in [1.165, 1.54) is 12.1 Å². The Labute approximate surface area is 180 Å². The summed E-state index contributed by atoms with van der Waals surface area (Å²) in [5.74, 6) is 0.0804. The van der Waals surface area contributed by atoms with Gasteiger partial charge in [0.15, 0.2) is 6.29 Å². The van der Waals surface area contributed by atoms with Gasteiger partial charge in [0.1, 0.15) is 54.6 Å². The van der Waals surface area contributed by atoms with Crippen LogP contribution in [0.15, 0.2) is 24.3 Å². The first-order valence-electron chi connectivity index (χ1n) is 9.67. The lowest BCUT2D eigenvalue weighted by molar-refractivity contribution is -0.384. The maximum absolute atomic E-state index is 10.7. The van der Waals surface area contributed by atoms with Crippen LogP contribution in [-0.4, -0.2) is 115 Å². The monoisotopic (exact) mass is 463 g/mol. The minimum absolute atomic E-state index is 0.0804. The Balaban J connectivity index is 1.64. The Morgan fingerprint density at radius 2 is 1.34 bits per heavy atom. The van der Waals surface area contributed by atoms with Crippen molar-refractivity contribution in [1.29, 1.82) is 0 Å². The van der Waals surface area contributed by atoms with Gasteiger partial charge in [-0.2, -0.15) is 0 Å². The third kappa shape index (κ3) is 5.15. The van der Waals surface area contributed by atoms with Crippen molar-refractivity contribution in [3.05, 3.63) is 34.4 Å². The molecule has 0 bridgehead atoms. The number of aliphatic hydroxyl groups excluding tert-OH is 7. The highest BCUT2D eigenvalue weighted by Gasteiger charge is 2.47. The summed E-state index contributed by atoms with van der Waals surface area (Å²) in [7, 11) is 0. The molecule has 0 spiro atoms. The predicted molar refractivity (Wildman–Crippen MR) is 100 cm³/mol. The van der Waals surface area contributed by atoms with Gasteiger partial charge in [0.25, 0.3) is 5.69 Å². The molecular weight excluding hydrogens is 438 g/mol. The minimum Gasteiger partial charge on any atom is -0.462 e. The number of benzene rings is 1. The SMILES string of the molecule is O=[N+]([O-])c1ccc(OC2O[C@H](CO[C@@H]3O[C@H](CO)[C@H](O)[C@H](O)[C@H]3O)[C@@H](O)[C@H](O)[C@H]2O)cc1. The van der Waals surface area contributed by atoms with Crippen LogP contribution in [0.4, 0.5) is 5.69 Å². The number of nitro groups is 1. The number of aliphatic hydroxyl groups is 7. The highest BCUT2D eigenvalue weighted by atomic mass is 16.7. The molecule has 14 heteroatoms. The van der Waals surface area contributed by atoms with E-state index >= 15 is 0 Å². The highest BCUT2D eigenvalue weighted by molar-refractivity contribution is 5.36. The first kappa shape index (κ1) is 24.7. The van der Waals surface area contributed by atoms with Gasteiger partial charge in [-0.3, -0.25) is 10.1 Å². The number of nitro benzene ring substituents is 1. The molecule has 0 aliphatic carbocycles. The molecule has 0 aromatic heterocycles. The summed E-state index contributed by atoms with van der Waals surface area (Å²) in [5.41, 5.74) is -0.191. The molecule has 0 saturated carbocycles. The molecule has 1 aromatic carbocycles. The zero-order chi connectivity index (χ0) is 23.6. The van der Waals surface area contributed by atoms with Gasteiger partial charge >= 0.3 is 0 Å². The Hall–Kier alpha value is -1.98. The number of non-ortho nitro benzene ring substituents is 1. The summed E-state index contributed by atoms with van der Waals surface area (Å²) in [6, 6.07) is 4.83. The first-order chi connectivity index (χ1) is 15.1. The van der Waals surface area contributed by atoms with Crippen molar-refractivity contribution in [2.24, 2.45) is 0 Å². The molecule has 2 aliphatic rings. The van der Waals surface area contributed by atoms with Crippen molar-refractivity contribution in [3.8, 4) is 5.75 Å². The summed E-state index contributed by atoms with van der Waals surface area (Å²) in [6.07, 6.45) is -15.4. The lowest BCUT2D eigenvalue weighted by Gasteiger charge is -2.42. The van der Waals surface area contributed by atoms with Crippen LogP contribution in [0.2, 0.25) is 0 Å². The van der Waals surface area contributed by atoms with Crippen molar-refractivity contribution in [2.45, 2.75) is 61.4 Å². The fourth-order valence-corrected chi connectivity index (χ4v) is 3.33. The fraction of sp³-hybridized carbons (Fsp3) is 0.667. The molecule has 14 nitrogen and oxygen atoms in total. The molecule has 2 fully saturated rings. The summed E-state index contributed by atoms with van der Waals surface area (Å²) in [4.78, 5) is 10.1. The number of hydrogen-bond acceptors (Lipinski definition) is 13. The summed E-state index contributed by atoms with van der Waals surface area (Å²) >= 11 is 0. The number of rotatable bonds is 7. The minimum atomic E-state index is -1.71.